The van der Waals surface area contributed by atoms with Crippen molar-refractivity contribution in [1.29, 1.82) is 0 Å². The van der Waals surface area contributed by atoms with Gasteiger partial charge in [0.1, 0.15) is 0 Å². The highest BCUT2D eigenvalue weighted by Gasteiger charge is 2.19. The van der Waals surface area contributed by atoms with Crippen molar-refractivity contribution in [2.45, 2.75) is 26.4 Å². The number of halogens is 1. The van der Waals surface area contributed by atoms with Crippen molar-refractivity contribution in [2.75, 3.05) is 19.6 Å². The largest absolute Gasteiger partial charge is 0.316 e. The Morgan fingerprint density at radius 1 is 1.32 bits per heavy atom. The van der Waals surface area contributed by atoms with Gasteiger partial charge in [0.15, 0.2) is 0 Å². The standard InChI is InChI=1S/C16H23N5.ClH/c1-13-16(9-19-20-13)12-21(11-15-4-6-18-8-15)10-14-3-2-5-17-7-14;/h2-3,5,7,9,15,18H,4,6,8,10-12H2,1H3,(H,19,20);1H. The van der Waals surface area contributed by atoms with E-state index in [0.29, 0.717) is 0 Å². The minimum Gasteiger partial charge on any atom is -0.316 e. The van der Waals surface area contributed by atoms with E-state index in [2.05, 4.69) is 38.4 Å². The molecular weight excluding hydrogens is 298 g/mol. The highest BCUT2D eigenvalue weighted by molar-refractivity contribution is 5.85. The van der Waals surface area contributed by atoms with Gasteiger partial charge in [-0.1, -0.05) is 6.07 Å². The summed E-state index contributed by atoms with van der Waals surface area (Å²) in [6.07, 6.45) is 7.00. The Bertz CT molecular complexity index is 551. The normalized spacial score (nSPS) is 17.6. The van der Waals surface area contributed by atoms with E-state index in [-0.39, 0.29) is 12.4 Å². The first-order chi connectivity index (χ1) is 10.3. The van der Waals surface area contributed by atoms with Crippen LogP contribution in [0.4, 0.5) is 0 Å². The van der Waals surface area contributed by atoms with Crippen LogP contribution >= 0.6 is 12.4 Å². The van der Waals surface area contributed by atoms with Gasteiger partial charge in [0, 0.05) is 43.3 Å². The summed E-state index contributed by atoms with van der Waals surface area (Å²) in [5.74, 6) is 0.744. The second-order valence-corrected chi connectivity index (χ2v) is 5.91. The smallest absolute Gasteiger partial charge is 0.0535 e. The van der Waals surface area contributed by atoms with Crippen LogP contribution in [0.15, 0.2) is 30.7 Å². The zero-order valence-electron chi connectivity index (χ0n) is 13.0. The van der Waals surface area contributed by atoms with E-state index < -0.39 is 0 Å². The van der Waals surface area contributed by atoms with Gasteiger partial charge in [-0.3, -0.25) is 15.0 Å². The predicted molar refractivity (Wildman–Crippen MR) is 89.9 cm³/mol. The van der Waals surface area contributed by atoms with Crippen molar-refractivity contribution >= 4 is 12.4 Å². The second kappa shape index (κ2) is 8.27. The van der Waals surface area contributed by atoms with Crippen molar-refractivity contribution in [3.8, 4) is 0 Å². The number of rotatable bonds is 6. The number of H-pyrrole nitrogens is 1. The number of hydrogen-bond donors (Lipinski definition) is 2. The molecule has 1 atom stereocenters. The molecule has 1 unspecified atom stereocenters. The summed E-state index contributed by atoms with van der Waals surface area (Å²) in [6.45, 7) is 7.36. The van der Waals surface area contributed by atoms with Crippen molar-refractivity contribution in [1.82, 2.24) is 25.4 Å². The van der Waals surface area contributed by atoms with E-state index in [0.717, 1.165) is 44.3 Å². The molecule has 6 heteroatoms. The Balaban J connectivity index is 0.00000176. The molecule has 1 saturated heterocycles. The van der Waals surface area contributed by atoms with Gasteiger partial charge in [-0.15, -0.1) is 12.4 Å². The molecule has 3 rings (SSSR count). The Kier molecular flexibility index (Phi) is 6.36. The average Bonchev–Trinajstić information content (AvgIpc) is 3.13. The fourth-order valence-electron chi connectivity index (χ4n) is 2.95. The van der Waals surface area contributed by atoms with Gasteiger partial charge in [0.2, 0.25) is 0 Å². The van der Waals surface area contributed by atoms with E-state index in [1.165, 1.54) is 17.5 Å². The van der Waals surface area contributed by atoms with Crippen molar-refractivity contribution < 1.29 is 0 Å². The summed E-state index contributed by atoms with van der Waals surface area (Å²) < 4.78 is 0. The fourth-order valence-corrected chi connectivity index (χ4v) is 2.95. The molecule has 2 aromatic rings. The lowest BCUT2D eigenvalue weighted by atomic mass is 10.1. The molecule has 2 N–H and O–H groups in total. The first-order valence-electron chi connectivity index (χ1n) is 7.62. The average molecular weight is 322 g/mol. The molecule has 0 saturated carbocycles. The molecule has 1 fully saturated rings. The summed E-state index contributed by atoms with van der Waals surface area (Å²) in [5.41, 5.74) is 3.71. The van der Waals surface area contributed by atoms with Crippen molar-refractivity contribution in [2.24, 2.45) is 5.92 Å². The van der Waals surface area contributed by atoms with Gasteiger partial charge in [-0.25, -0.2) is 0 Å². The molecule has 120 valence electrons. The summed E-state index contributed by atoms with van der Waals surface area (Å²) in [5, 5.41) is 10.6. The topological polar surface area (TPSA) is 56.8 Å². The van der Waals surface area contributed by atoms with E-state index >= 15 is 0 Å². The van der Waals surface area contributed by atoms with Gasteiger partial charge in [0.05, 0.1) is 6.20 Å². The first kappa shape index (κ1) is 16.9. The Morgan fingerprint density at radius 2 is 2.23 bits per heavy atom. The molecule has 0 spiro atoms. The molecule has 3 heterocycles. The molecule has 22 heavy (non-hydrogen) atoms. The van der Waals surface area contributed by atoms with E-state index in [9.17, 15) is 0 Å². The SMILES string of the molecule is Cc1[nH]ncc1CN(Cc1cccnc1)CC1CCNC1.Cl. The lowest BCUT2D eigenvalue weighted by Gasteiger charge is -2.25. The van der Waals surface area contributed by atoms with Crippen LogP contribution < -0.4 is 5.32 Å². The lowest BCUT2D eigenvalue weighted by molar-refractivity contribution is 0.220. The Labute approximate surface area is 137 Å². The van der Waals surface area contributed by atoms with Gasteiger partial charge in [0.25, 0.3) is 0 Å². The zero-order valence-corrected chi connectivity index (χ0v) is 13.8. The summed E-state index contributed by atoms with van der Waals surface area (Å²) >= 11 is 0. The Hall–Kier alpha value is -1.43. The van der Waals surface area contributed by atoms with Gasteiger partial charge < -0.3 is 5.32 Å². The molecule has 0 radical (unpaired) electrons. The van der Waals surface area contributed by atoms with Gasteiger partial charge in [-0.2, -0.15) is 5.10 Å². The molecule has 0 aliphatic carbocycles. The molecular formula is C16H24ClN5. The molecule has 2 aromatic heterocycles. The number of nitrogens with zero attached hydrogens (tertiary/aromatic N) is 3. The number of nitrogens with one attached hydrogen (secondary N) is 2. The summed E-state index contributed by atoms with van der Waals surface area (Å²) in [7, 11) is 0. The third kappa shape index (κ3) is 4.53. The van der Waals surface area contributed by atoms with Crippen LogP contribution in [-0.2, 0) is 13.1 Å². The minimum atomic E-state index is 0. The molecule has 0 amide bonds. The van der Waals surface area contributed by atoms with Crippen LogP contribution in [0.1, 0.15) is 23.2 Å². The second-order valence-electron chi connectivity index (χ2n) is 5.91. The van der Waals surface area contributed by atoms with E-state index in [1.807, 2.05) is 24.7 Å². The maximum Gasteiger partial charge on any atom is 0.0535 e. The Morgan fingerprint density at radius 3 is 2.86 bits per heavy atom. The lowest BCUT2D eigenvalue weighted by Crippen LogP contribution is -2.30. The first-order valence-corrected chi connectivity index (χ1v) is 7.62. The summed E-state index contributed by atoms with van der Waals surface area (Å²) in [4.78, 5) is 6.73. The van der Waals surface area contributed by atoms with Gasteiger partial charge in [-0.05, 0) is 44.0 Å². The van der Waals surface area contributed by atoms with Crippen molar-refractivity contribution in [3.05, 3.63) is 47.5 Å². The zero-order chi connectivity index (χ0) is 14.5. The van der Waals surface area contributed by atoms with Crippen LogP contribution in [0, 0.1) is 12.8 Å². The highest BCUT2D eigenvalue weighted by Crippen LogP contribution is 2.16. The van der Waals surface area contributed by atoms with Crippen LogP contribution in [0.5, 0.6) is 0 Å². The van der Waals surface area contributed by atoms with Crippen LogP contribution in [0.2, 0.25) is 0 Å². The molecule has 0 bridgehead atoms. The van der Waals surface area contributed by atoms with E-state index in [1.54, 1.807) is 0 Å². The number of aryl methyl sites for hydroxylation is 1. The molecule has 1 aliphatic heterocycles. The molecule has 1 aliphatic rings. The monoisotopic (exact) mass is 321 g/mol. The van der Waals surface area contributed by atoms with Crippen LogP contribution in [-0.4, -0.2) is 39.7 Å². The maximum atomic E-state index is 4.23. The number of pyridine rings is 1. The quantitative estimate of drug-likeness (QED) is 0.856. The maximum absolute atomic E-state index is 4.23. The number of aromatic amines is 1. The van der Waals surface area contributed by atoms with Crippen LogP contribution in [0.25, 0.3) is 0 Å². The van der Waals surface area contributed by atoms with Crippen LogP contribution in [0.3, 0.4) is 0 Å². The number of aromatic nitrogens is 3. The van der Waals surface area contributed by atoms with Crippen molar-refractivity contribution in [3.63, 3.8) is 0 Å². The number of hydrogen-bond acceptors (Lipinski definition) is 4. The third-order valence-corrected chi connectivity index (χ3v) is 4.14. The third-order valence-electron chi connectivity index (χ3n) is 4.14. The molecule has 5 nitrogen and oxygen atoms in total. The predicted octanol–water partition coefficient (Wildman–Crippen LogP) is 2.15. The fraction of sp³-hybridized carbons (Fsp3) is 0.500. The highest BCUT2D eigenvalue weighted by atomic mass is 35.5. The van der Waals surface area contributed by atoms with E-state index in [4.69, 9.17) is 0 Å². The minimum absolute atomic E-state index is 0. The summed E-state index contributed by atoms with van der Waals surface area (Å²) in [6, 6.07) is 4.16. The molecule has 0 aromatic carbocycles. The van der Waals surface area contributed by atoms with Gasteiger partial charge >= 0.3 is 0 Å².